The Balaban J connectivity index is 1.26. The van der Waals surface area contributed by atoms with Crippen LogP contribution in [0.3, 0.4) is 0 Å². The first-order chi connectivity index (χ1) is 16.5. The van der Waals surface area contributed by atoms with Crippen molar-refractivity contribution in [3.63, 3.8) is 0 Å². The molecule has 4 aromatic rings. The highest BCUT2D eigenvalue weighted by Crippen LogP contribution is 2.27. The second-order valence-electron chi connectivity index (χ2n) is 8.78. The molecule has 5 rings (SSSR count). The van der Waals surface area contributed by atoms with Crippen LogP contribution in [0, 0.1) is 6.92 Å². The molecule has 1 fully saturated rings. The monoisotopic (exact) mass is 455 g/mol. The van der Waals surface area contributed by atoms with Crippen molar-refractivity contribution in [3.8, 4) is 5.75 Å². The van der Waals surface area contributed by atoms with E-state index in [-0.39, 0.29) is 5.91 Å². The lowest BCUT2D eigenvalue weighted by atomic mass is 10.1. The normalized spacial score (nSPS) is 14.4. The van der Waals surface area contributed by atoms with Gasteiger partial charge in [0, 0.05) is 44.1 Å². The van der Waals surface area contributed by atoms with Crippen LogP contribution < -0.4 is 15.0 Å². The molecule has 174 valence electrons. The van der Waals surface area contributed by atoms with E-state index in [0.29, 0.717) is 17.9 Å². The fourth-order valence-electron chi connectivity index (χ4n) is 4.21. The van der Waals surface area contributed by atoms with E-state index < -0.39 is 0 Å². The topological polar surface area (TPSA) is 62.1 Å². The maximum Gasteiger partial charge on any atom is 0.255 e. The highest BCUT2D eigenvalue weighted by atomic mass is 16.5. The number of anilines is 2. The van der Waals surface area contributed by atoms with E-state index in [1.165, 1.54) is 5.56 Å². The van der Waals surface area contributed by atoms with E-state index in [0.717, 1.165) is 48.9 Å². The van der Waals surface area contributed by atoms with Crippen molar-refractivity contribution in [3.05, 3.63) is 89.9 Å². The minimum atomic E-state index is -0.157. The lowest BCUT2D eigenvalue weighted by molar-refractivity contribution is 0.102. The third-order valence-electron chi connectivity index (χ3n) is 6.13. The van der Waals surface area contributed by atoms with Gasteiger partial charge in [-0.2, -0.15) is 0 Å². The van der Waals surface area contributed by atoms with Crippen LogP contribution in [0.4, 0.5) is 11.4 Å². The van der Waals surface area contributed by atoms with E-state index >= 15 is 0 Å². The summed E-state index contributed by atoms with van der Waals surface area (Å²) in [6.45, 7) is 6.28. The summed E-state index contributed by atoms with van der Waals surface area (Å²) in [5.41, 5.74) is 5.32. The summed E-state index contributed by atoms with van der Waals surface area (Å²) in [5, 5.41) is 3.09. The number of rotatable bonds is 6. The van der Waals surface area contributed by atoms with Crippen molar-refractivity contribution >= 4 is 22.9 Å². The Hall–Kier alpha value is -3.84. The number of likely N-dealkylation sites (N-methyl/N-ethyl adjacent to an activating group) is 1. The molecule has 0 spiro atoms. The Morgan fingerprint density at radius 3 is 2.68 bits per heavy atom. The summed E-state index contributed by atoms with van der Waals surface area (Å²) in [4.78, 5) is 22.3. The largest absolute Gasteiger partial charge is 0.487 e. The van der Waals surface area contributed by atoms with Crippen molar-refractivity contribution < 1.29 is 9.53 Å². The molecule has 1 aliphatic heterocycles. The van der Waals surface area contributed by atoms with E-state index in [4.69, 9.17) is 4.74 Å². The number of hydrogen-bond acceptors (Lipinski definition) is 5. The first kappa shape index (κ1) is 22.0. The van der Waals surface area contributed by atoms with Crippen LogP contribution in [0.5, 0.6) is 5.75 Å². The Labute approximate surface area is 199 Å². The second-order valence-corrected chi connectivity index (χ2v) is 8.78. The molecule has 34 heavy (non-hydrogen) atoms. The average Bonchev–Trinajstić information content (AvgIpc) is 3.26. The van der Waals surface area contributed by atoms with Crippen LogP contribution in [0.2, 0.25) is 0 Å². The quantitative estimate of drug-likeness (QED) is 0.472. The SMILES string of the molecule is Cc1ccc2nc(COc3cccc(C(=O)Nc4ccccc4N4CCN(C)CC4)c3)cn2c1. The first-order valence-corrected chi connectivity index (χ1v) is 11.6. The number of piperazine rings is 1. The Bertz CT molecular complexity index is 1310. The summed E-state index contributed by atoms with van der Waals surface area (Å²) >= 11 is 0. The Kier molecular flexibility index (Phi) is 6.18. The van der Waals surface area contributed by atoms with Crippen LogP contribution in [0.1, 0.15) is 21.6 Å². The number of ether oxygens (including phenoxy) is 1. The molecule has 7 nitrogen and oxygen atoms in total. The number of hydrogen-bond donors (Lipinski definition) is 1. The zero-order chi connectivity index (χ0) is 23.5. The number of pyridine rings is 1. The van der Waals surface area contributed by atoms with Crippen LogP contribution in [0.25, 0.3) is 5.65 Å². The van der Waals surface area contributed by atoms with Gasteiger partial charge in [-0.1, -0.05) is 24.3 Å². The number of aromatic nitrogens is 2. The summed E-state index contributed by atoms with van der Waals surface area (Å²) < 4.78 is 7.95. The molecule has 1 amide bonds. The summed E-state index contributed by atoms with van der Waals surface area (Å²) in [7, 11) is 2.13. The van der Waals surface area contributed by atoms with Crippen molar-refractivity contribution in [2.75, 3.05) is 43.4 Å². The van der Waals surface area contributed by atoms with Gasteiger partial charge in [-0.25, -0.2) is 4.98 Å². The van der Waals surface area contributed by atoms with E-state index in [1.54, 1.807) is 12.1 Å². The maximum atomic E-state index is 13.1. The number of aryl methyl sites for hydroxylation is 1. The Morgan fingerprint density at radius 2 is 1.82 bits per heavy atom. The van der Waals surface area contributed by atoms with E-state index in [9.17, 15) is 4.79 Å². The average molecular weight is 456 g/mol. The van der Waals surface area contributed by atoms with Gasteiger partial charge in [0.15, 0.2) is 0 Å². The minimum absolute atomic E-state index is 0.157. The minimum Gasteiger partial charge on any atom is -0.487 e. The highest BCUT2D eigenvalue weighted by molar-refractivity contribution is 6.06. The molecule has 2 aromatic carbocycles. The number of nitrogens with zero attached hydrogens (tertiary/aromatic N) is 4. The first-order valence-electron chi connectivity index (χ1n) is 11.6. The van der Waals surface area contributed by atoms with E-state index in [2.05, 4.69) is 40.1 Å². The zero-order valence-electron chi connectivity index (χ0n) is 19.6. The summed E-state index contributed by atoms with van der Waals surface area (Å²) in [6, 6.07) is 19.3. The number of amides is 1. The number of benzene rings is 2. The van der Waals surface area contributed by atoms with Crippen molar-refractivity contribution in [1.82, 2.24) is 14.3 Å². The molecule has 1 saturated heterocycles. The van der Waals surface area contributed by atoms with Gasteiger partial charge in [0.2, 0.25) is 0 Å². The Morgan fingerprint density at radius 1 is 1.00 bits per heavy atom. The van der Waals surface area contributed by atoms with E-state index in [1.807, 2.05) is 59.3 Å². The molecule has 7 heteroatoms. The number of fused-ring (bicyclic) bond motifs is 1. The zero-order valence-corrected chi connectivity index (χ0v) is 19.6. The molecule has 0 aliphatic carbocycles. The second kappa shape index (κ2) is 9.57. The number of carbonyl (C=O) groups excluding carboxylic acids is 1. The predicted molar refractivity (Wildman–Crippen MR) is 135 cm³/mol. The highest BCUT2D eigenvalue weighted by Gasteiger charge is 2.18. The molecular weight excluding hydrogens is 426 g/mol. The maximum absolute atomic E-state index is 13.1. The molecular formula is C27H29N5O2. The number of para-hydroxylation sites is 2. The van der Waals surface area contributed by atoms with Crippen LogP contribution in [0.15, 0.2) is 73.1 Å². The molecule has 0 radical (unpaired) electrons. The van der Waals surface area contributed by atoms with Gasteiger partial charge in [0.25, 0.3) is 5.91 Å². The van der Waals surface area contributed by atoms with Crippen LogP contribution >= 0.6 is 0 Å². The molecule has 0 saturated carbocycles. The third kappa shape index (κ3) is 4.89. The van der Waals surface area contributed by atoms with Gasteiger partial charge >= 0.3 is 0 Å². The fraction of sp³-hybridized carbons (Fsp3) is 0.259. The van der Waals surface area contributed by atoms with Crippen molar-refractivity contribution in [2.24, 2.45) is 0 Å². The number of carbonyl (C=O) groups is 1. The van der Waals surface area contributed by atoms with Gasteiger partial charge in [0.05, 0.1) is 17.1 Å². The van der Waals surface area contributed by atoms with Crippen molar-refractivity contribution in [1.29, 1.82) is 0 Å². The number of imidazole rings is 1. The van der Waals surface area contributed by atoms with Gasteiger partial charge in [-0.15, -0.1) is 0 Å². The molecule has 1 aliphatic rings. The lowest BCUT2D eigenvalue weighted by Gasteiger charge is -2.35. The lowest BCUT2D eigenvalue weighted by Crippen LogP contribution is -2.44. The number of nitrogens with one attached hydrogen (secondary N) is 1. The van der Waals surface area contributed by atoms with Gasteiger partial charge in [-0.05, 0) is 55.9 Å². The van der Waals surface area contributed by atoms with Crippen LogP contribution in [-0.4, -0.2) is 53.4 Å². The standard InChI is InChI=1S/C27H29N5O2/c1-20-10-11-26-28-22(18-32(26)17-20)19-34-23-7-5-6-21(16-23)27(33)29-24-8-3-4-9-25(24)31-14-12-30(2)13-15-31/h3-11,16-18H,12-15,19H2,1-2H3,(H,29,33). The molecule has 1 N–H and O–H groups in total. The van der Waals surface area contributed by atoms with Crippen molar-refractivity contribution in [2.45, 2.75) is 13.5 Å². The predicted octanol–water partition coefficient (Wildman–Crippen LogP) is 4.23. The molecule has 0 bridgehead atoms. The third-order valence-corrected chi connectivity index (χ3v) is 6.13. The molecule has 0 atom stereocenters. The molecule has 2 aromatic heterocycles. The molecule has 0 unspecified atom stereocenters. The van der Waals surface area contributed by atoms with Gasteiger partial charge < -0.3 is 24.3 Å². The summed E-state index contributed by atoms with van der Waals surface area (Å²) in [6.07, 6.45) is 4.00. The summed E-state index contributed by atoms with van der Waals surface area (Å²) in [5.74, 6) is 0.475. The fourth-order valence-corrected chi connectivity index (χ4v) is 4.21. The smallest absolute Gasteiger partial charge is 0.255 e. The van der Waals surface area contributed by atoms with Gasteiger partial charge in [-0.3, -0.25) is 4.79 Å². The van der Waals surface area contributed by atoms with Crippen LogP contribution in [-0.2, 0) is 6.61 Å². The van der Waals surface area contributed by atoms with Gasteiger partial charge in [0.1, 0.15) is 18.0 Å². The molecule has 3 heterocycles.